The van der Waals surface area contributed by atoms with Gasteiger partial charge in [0.1, 0.15) is 16.0 Å². The predicted octanol–water partition coefficient (Wildman–Crippen LogP) is 4.58. The number of halogens is 1. The monoisotopic (exact) mass is 490 g/mol. The zero-order valence-corrected chi connectivity index (χ0v) is 17.6. The molecule has 0 amide bonds. The molecule has 1 aliphatic heterocycles. The average Bonchev–Trinajstić information content (AvgIpc) is 3.34. The molecule has 5 nitrogen and oxygen atoms in total. The first-order chi connectivity index (χ1) is 13.8. The standard InChI is InChI=1S/C22H23IN2O3/c23-21-12-25(16-24-21)22-11-19(27-14-18-9-5-2-6-10-18)20(28-22)15-26-13-17-7-3-1-4-8-17/h1-10,12,16,19-20,22H,11,13-15H2/t19-,20-,22-/m1/s1. The van der Waals surface area contributed by atoms with Crippen LogP contribution in [0.2, 0.25) is 0 Å². The molecule has 1 fully saturated rings. The maximum absolute atomic E-state index is 6.27. The van der Waals surface area contributed by atoms with Crippen LogP contribution in [0.15, 0.2) is 73.2 Å². The zero-order chi connectivity index (χ0) is 19.2. The third-order valence-electron chi connectivity index (χ3n) is 4.78. The van der Waals surface area contributed by atoms with Crippen molar-refractivity contribution < 1.29 is 14.2 Å². The minimum atomic E-state index is -0.113. The Balaban J connectivity index is 1.38. The van der Waals surface area contributed by atoms with Crippen molar-refractivity contribution >= 4 is 22.6 Å². The second-order valence-electron chi connectivity index (χ2n) is 6.84. The van der Waals surface area contributed by atoms with E-state index in [1.165, 1.54) is 0 Å². The van der Waals surface area contributed by atoms with Crippen molar-refractivity contribution in [2.45, 2.75) is 38.1 Å². The molecule has 3 atom stereocenters. The van der Waals surface area contributed by atoms with Gasteiger partial charge in [0.25, 0.3) is 0 Å². The largest absolute Gasteiger partial charge is 0.374 e. The van der Waals surface area contributed by atoms with E-state index < -0.39 is 0 Å². The fourth-order valence-corrected chi connectivity index (χ4v) is 3.77. The summed E-state index contributed by atoms with van der Waals surface area (Å²) in [7, 11) is 0. The Morgan fingerprint density at radius 3 is 2.32 bits per heavy atom. The Labute approximate surface area is 178 Å². The van der Waals surface area contributed by atoms with Crippen LogP contribution in [0.5, 0.6) is 0 Å². The molecule has 0 unspecified atom stereocenters. The Morgan fingerprint density at radius 2 is 1.68 bits per heavy atom. The first-order valence-corrected chi connectivity index (χ1v) is 10.5. The van der Waals surface area contributed by atoms with E-state index in [9.17, 15) is 0 Å². The number of hydrogen-bond acceptors (Lipinski definition) is 4. The Hall–Kier alpha value is -1.74. The number of ether oxygens (including phenoxy) is 3. The fourth-order valence-electron chi connectivity index (χ4n) is 3.32. The van der Waals surface area contributed by atoms with Gasteiger partial charge in [0, 0.05) is 12.6 Å². The number of aromatic nitrogens is 2. The number of nitrogens with zero attached hydrogens (tertiary/aromatic N) is 2. The molecular formula is C22H23IN2O3. The van der Waals surface area contributed by atoms with Crippen LogP contribution in [0.4, 0.5) is 0 Å². The normalized spacial score (nSPS) is 21.8. The van der Waals surface area contributed by atoms with Gasteiger partial charge in [0.2, 0.25) is 0 Å². The van der Waals surface area contributed by atoms with Gasteiger partial charge in [-0.2, -0.15) is 0 Å². The first-order valence-electron chi connectivity index (χ1n) is 9.39. The van der Waals surface area contributed by atoms with E-state index >= 15 is 0 Å². The molecule has 6 heteroatoms. The first kappa shape index (κ1) is 19.6. The van der Waals surface area contributed by atoms with Crippen LogP contribution in [0.25, 0.3) is 0 Å². The molecule has 0 saturated carbocycles. The quantitative estimate of drug-likeness (QED) is 0.434. The lowest BCUT2D eigenvalue weighted by atomic mass is 10.1. The van der Waals surface area contributed by atoms with Gasteiger partial charge in [-0.05, 0) is 33.7 Å². The van der Waals surface area contributed by atoms with E-state index in [4.69, 9.17) is 14.2 Å². The molecule has 146 valence electrons. The van der Waals surface area contributed by atoms with Crippen LogP contribution in [0, 0.1) is 3.70 Å². The number of imidazole rings is 1. The smallest absolute Gasteiger partial charge is 0.138 e. The highest BCUT2D eigenvalue weighted by Gasteiger charge is 2.37. The third kappa shape index (κ3) is 5.20. The summed E-state index contributed by atoms with van der Waals surface area (Å²) in [6.45, 7) is 1.63. The molecule has 3 aromatic rings. The highest BCUT2D eigenvalue weighted by atomic mass is 127. The van der Waals surface area contributed by atoms with Crippen molar-refractivity contribution in [2.24, 2.45) is 0 Å². The van der Waals surface area contributed by atoms with Gasteiger partial charge < -0.3 is 18.8 Å². The van der Waals surface area contributed by atoms with Crippen molar-refractivity contribution in [3.05, 3.63) is 88.0 Å². The van der Waals surface area contributed by atoms with Crippen molar-refractivity contribution in [1.82, 2.24) is 9.55 Å². The molecule has 1 aliphatic rings. The summed E-state index contributed by atoms with van der Waals surface area (Å²) in [5.41, 5.74) is 2.31. The fraction of sp³-hybridized carbons (Fsp3) is 0.318. The summed E-state index contributed by atoms with van der Waals surface area (Å²) in [4.78, 5) is 4.30. The molecule has 0 bridgehead atoms. The summed E-state index contributed by atoms with van der Waals surface area (Å²) in [5.74, 6) is 0. The van der Waals surface area contributed by atoms with Gasteiger partial charge in [-0.15, -0.1) is 0 Å². The lowest BCUT2D eigenvalue weighted by Crippen LogP contribution is -2.29. The van der Waals surface area contributed by atoms with Crippen LogP contribution in [0.3, 0.4) is 0 Å². The topological polar surface area (TPSA) is 45.5 Å². The van der Waals surface area contributed by atoms with Crippen LogP contribution in [0.1, 0.15) is 23.8 Å². The molecule has 0 N–H and O–H groups in total. The second-order valence-corrected chi connectivity index (χ2v) is 7.95. The van der Waals surface area contributed by atoms with Crippen LogP contribution in [-0.4, -0.2) is 28.4 Å². The molecule has 1 aromatic heterocycles. The molecule has 28 heavy (non-hydrogen) atoms. The van der Waals surface area contributed by atoms with E-state index in [0.717, 1.165) is 21.2 Å². The van der Waals surface area contributed by atoms with Crippen molar-refractivity contribution in [2.75, 3.05) is 6.61 Å². The predicted molar refractivity (Wildman–Crippen MR) is 115 cm³/mol. The zero-order valence-electron chi connectivity index (χ0n) is 15.5. The lowest BCUT2D eigenvalue weighted by molar-refractivity contribution is -0.0824. The summed E-state index contributed by atoms with van der Waals surface area (Å²) in [6.07, 6.45) is 4.36. The molecule has 2 aromatic carbocycles. The number of rotatable bonds is 8. The minimum absolute atomic E-state index is 0.0268. The van der Waals surface area contributed by atoms with Gasteiger partial charge in [0.15, 0.2) is 0 Å². The van der Waals surface area contributed by atoms with Crippen LogP contribution >= 0.6 is 22.6 Å². The Bertz CT molecular complexity index is 856. The molecule has 0 radical (unpaired) electrons. The molecule has 1 saturated heterocycles. The van der Waals surface area contributed by atoms with E-state index in [1.54, 1.807) is 0 Å². The SMILES string of the molecule is Ic1cn([C@H]2C[C@@H](OCc3ccccc3)[C@@H](COCc3ccccc3)O2)cn1. The van der Waals surface area contributed by atoms with Gasteiger partial charge in [-0.25, -0.2) is 4.98 Å². The highest BCUT2D eigenvalue weighted by Crippen LogP contribution is 2.32. The number of benzene rings is 2. The second kappa shape index (κ2) is 9.65. The van der Waals surface area contributed by atoms with Gasteiger partial charge in [0.05, 0.1) is 32.3 Å². The Kier molecular flexibility index (Phi) is 6.74. The Morgan fingerprint density at radius 1 is 1.00 bits per heavy atom. The van der Waals surface area contributed by atoms with Crippen LogP contribution < -0.4 is 0 Å². The van der Waals surface area contributed by atoms with E-state index in [0.29, 0.717) is 19.8 Å². The van der Waals surface area contributed by atoms with E-state index in [2.05, 4.69) is 51.8 Å². The lowest BCUT2D eigenvalue weighted by Gasteiger charge is -2.19. The van der Waals surface area contributed by atoms with Crippen molar-refractivity contribution in [1.29, 1.82) is 0 Å². The molecular weight excluding hydrogens is 467 g/mol. The van der Waals surface area contributed by atoms with Crippen molar-refractivity contribution in [3.63, 3.8) is 0 Å². The maximum Gasteiger partial charge on any atom is 0.138 e. The number of hydrogen-bond donors (Lipinski definition) is 0. The maximum atomic E-state index is 6.27. The van der Waals surface area contributed by atoms with E-state index in [-0.39, 0.29) is 18.4 Å². The summed E-state index contributed by atoms with van der Waals surface area (Å²) >= 11 is 2.21. The third-order valence-corrected chi connectivity index (χ3v) is 5.34. The molecule has 4 rings (SSSR count). The van der Waals surface area contributed by atoms with Gasteiger partial charge >= 0.3 is 0 Å². The molecule has 0 spiro atoms. The highest BCUT2D eigenvalue weighted by molar-refractivity contribution is 14.1. The van der Waals surface area contributed by atoms with Gasteiger partial charge in [-0.1, -0.05) is 60.7 Å². The molecule has 2 heterocycles. The average molecular weight is 490 g/mol. The summed E-state index contributed by atoms with van der Waals surface area (Å²) < 4.78 is 21.4. The molecule has 0 aliphatic carbocycles. The summed E-state index contributed by atoms with van der Waals surface area (Å²) in [5, 5.41) is 0. The van der Waals surface area contributed by atoms with Crippen LogP contribution in [-0.2, 0) is 27.4 Å². The van der Waals surface area contributed by atoms with Gasteiger partial charge in [-0.3, -0.25) is 0 Å². The van der Waals surface area contributed by atoms with Crippen molar-refractivity contribution in [3.8, 4) is 0 Å². The van der Waals surface area contributed by atoms with E-state index in [1.807, 2.05) is 53.5 Å². The minimum Gasteiger partial charge on any atom is -0.374 e. The summed E-state index contributed by atoms with van der Waals surface area (Å²) in [6, 6.07) is 20.4.